The van der Waals surface area contributed by atoms with E-state index in [0.29, 0.717) is 13.2 Å². The number of nitrogens with two attached hydrogens (primary N) is 1. The average molecular weight is 369 g/mol. The zero-order valence-electron chi connectivity index (χ0n) is 14.9. The smallest absolute Gasteiger partial charge is 0.407 e. The Hall–Kier alpha value is -2.90. The third-order valence-electron chi connectivity index (χ3n) is 4.37. The van der Waals surface area contributed by atoms with Gasteiger partial charge in [-0.1, -0.05) is 48.5 Å². The SMILES string of the molecule is NCCOCNC(=O)CNC(=O)OCC1c2ccccc2-c2ccccc21. The van der Waals surface area contributed by atoms with Crippen molar-refractivity contribution in [2.45, 2.75) is 5.92 Å². The van der Waals surface area contributed by atoms with Crippen molar-refractivity contribution >= 4 is 12.0 Å². The first-order valence-electron chi connectivity index (χ1n) is 8.84. The molecule has 0 spiro atoms. The molecular weight excluding hydrogens is 346 g/mol. The molecule has 0 bridgehead atoms. The maximum absolute atomic E-state index is 11.9. The summed E-state index contributed by atoms with van der Waals surface area (Å²) in [4.78, 5) is 23.5. The van der Waals surface area contributed by atoms with Crippen molar-refractivity contribution in [1.29, 1.82) is 0 Å². The fourth-order valence-electron chi connectivity index (χ4n) is 3.15. The molecule has 3 rings (SSSR count). The van der Waals surface area contributed by atoms with Crippen LogP contribution >= 0.6 is 0 Å². The normalized spacial score (nSPS) is 12.2. The van der Waals surface area contributed by atoms with Crippen LogP contribution in [0.3, 0.4) is 0 Å². The van der Waals surface area contributed by atoms with Gasteiger partial charge in [-0.2, -0.15) is 0 Å². The highest BCUT2D eigenvalue weighted by Gasteiger charge is 2.28. The summed E-state index contributed by atoms with van der Waals surface area (Å²) >= 11 is 0. The zero-order chi connectivity index (χ0) is 19.1. The first kappa shape index (κ1) is 18.9. The van der Waals surface area contributed by atoms with E-state index in [9.17, 15) is 9.59 Å². The molecule has 0 saturated carbocycles. The minimum atomic E-state index is -0.630. The Balaban J connectivity index is 1.50. The molecule has 1 aliphatic rings. The monoisotopic (exact) mass is 369 g/mol. The predicted octanol–water partition coefficient (Wildman–Crippen LogP) is 1.57. The van der Waals surface area contributed by atoms with Gasteiger partial charge in [0.15, 0.2) is 0 Å². The highest BCUT2D eigenvalue weighted by molar-refractivity contribution is 5.82. The van der Waals surface area contributed by atoms with Crippen LogP contribution in [0.2, 0.25) is 0 Å². The molecule has 142 valence electrons. The predicted molar refractivity (Wildman–Crippen MR) is 101 cm³/mol. The van der Waals surface area contributed by atoms with E-state index in [0.717, 1.165) is 11.1 Å². The van der Waals surface area contributed by atoms with Crippen molar-refractivity contribution in [2.75, 3.05) is 33.0 Å². The summed E-state index contributed by atoms with van der Waals surface area (Å²) in [5.74, 6) is -0.373. The van der Waals surface area contributed by atoms with Gasteiger partial charge in [0.1, 0.15) is 19.9 Å². The van der Waals surface area contributed by atoms with Gasteiger partial charge in [0.05, 0.1) is 6.61 Å². The van der Waals surface area contributed by atoms with E-state index >= 15 is 0 Å². The number of hydrogen-bond donors (Lipinski definition) is 3. The molecule has 27 heavy (non-hydrogen) atoms. The van der Waals surface area contributed by atoms with Crippen LogP contribution in [0.15, 0.2) is 48.5 Å². The molecule has 0 unspecified atom stereocenters. The third kappa shape index (κ3) is 4.64. The number of ether oxygens (including phenoxy) is 2. The van der Waals surface area contributed by atoms with E-state index in [1.54, 1.807) is 0 Å². The number of carbonyl (C=O) groups is 2. The van der Waals surface area contributed by atoms with Crippen LogP contribution in [-0.4, -0.2) is 45.0 Å². The van der Waals surface area contributed by atoms with E-state index in [1.807, 2.05) is 24.3 Å². The summed E-state index contributed by atoms with van der Waals surface area (Å²) < 4.78 is 10.4. The highest BCUT2D eigenvalue weighted by Crippen LogP contribution is 2.44. The number of nitrogens with one attached hydrogen (secondary N) is 2. The van der Waals surface area contributed by atoms with Crippen molar-refractivity contribution in [3.05, 3.63) is 59.7 Å². The number of amides is 2. The van der Waals surface area contributed by atoms with Crippen molar-refractivity contribution in [3.8, 4) is 11.1 Å². The third-order valence-corrected chi connectivity index (χ3v) is 4.37. The molecule has 2 amide bonds. The highest BCUT2D eigenvalue weighted by atomic mass is 16.5. The topological polar surface area (TPSA) is 103 Å². The van der Waals surface area contributed by atoms with Gasteiger partial charge in [-0.05, 0) is 22.3 Å². The van der Waals surface area contributed by atoms with Crippen molar-refractivity contribution in [1.82, 2.24) is 10.6 Å². The number of hydrogen-bond acceptors (Lipinski definition) is 5. The van der Waals surface area contributed by atoms with Gasteiger partial charge in [0.2, 0.25) is 5.91 Å². The van der Waals surface area contributed by atoms with Crippen LogP contribution in [0.1, 0.15) is 17.0 Å². The van der Waals surface area contributed by atoms with Crippen molar-refractivity contribution < 1.29 is 19.1 Å². The first-order valence-corrected chi connectivity index (χ1v) is 8.84. The van der Waals surface area contributed by atoms with E-state index in [2.05, 4.69) is 34.9 Å². The molecule has 0 heterocycles. The minimum Gasteiger partial charge on any atom is -0.449 e. The molecule has 2 aromatic rings. The van der Waals surface area contributed by atoms with Crippen molar-refractivity contribution in [3.63, 3.8) is 0 Å². The van der Waals surface area contributed by atoms with Gasteiger partial charge in [-0.15, -0.1) is 0 Å². The number of fused-ring (bicyclic) bond motifs is 3. The molecule has 0 saturated heterocycles. The Labute approximate surface area is 157 Å². The summed E-state index contributed by atoms with van der Waals surface area (Å²) in [6, 6.07) is 16.2. The second kappa shape index (κ2) is 9.16. The molecule has 0 fully saturated rings. The van der Waals surface area contributed by atoms with E-state index in [4.69, 9.17) is 15.2 Å². The van der Waals surface area contributed by atoms with Gasteiger partial charge in [-0.3, -0.25) is 4.79 Å². The van der Waals surface area contributed by atoms with Gasteiger partial charge < -0.3 is 25.8 Å². The number of rotatable bonds is 8. The van der Waals surface area contributed by atoms with E-state index < -0.39 is 6.09 Å². The summed E-state index contributed by atoms with van der Waals surface area (Å²) in [7, 11) is 0. The molecule has 7 heteroatoms. The molecule has 0 radical (unpaired) electrons. The lowest BCUT2D eigenvalue weighted by molar-refractivity contribution is -0.121. The summed E-state index contributed by atoms with van der Waals surface area (Å²) in [5, 5.41) is 4.95. The zero-order valence-corrected chi connectivity index (χ0v) is 14.9. The molecular formula is C20H23N3O4. The fourth-order valence-corrected chi connectivity index (χ4v) is 3.15. The van der Waals surface area contributed by atoms with Crippen molar-refractivity contribution in [2.24, 2.45) is 5.73 Å². The molecule has 7 nitrogen and oxygen atoms in total. The molecule has 4 N–H and O–H groups in total. The average Bonchev–Trinajstić information content (AvgIpc) is 3.02. The van der Waals surface area contributed by atoms with Gasteiger partial charge in [-0.25, -0.2) is 4.79 Å². The molecule has 0 aliphatic heterocycles. The van der Waals surface area contributed by atoms with Crippen LogP contribution < -0.4 is 16.4 Å². The fraction of sp³-hybridized carbons (Fsp3) is 0.300. The second-order valence-corrected chi connectivity index (χ2v) is 6.12. The van der Waals surface area contributed by atoms with Crippen LogP contribution in [0.5, 0.6) is 0 Å². The largest absolute Gasteiger partial charge is 0.449 e. The first-order chi connectivity index (χ1) is 13.2. The van der Waals surface area contributed by atoms with Crippen LogP contribution in [0.25, 0.3) is 11.1 Å². The molecule has 0 aromatic heterocycles. The van der Waals surface area contributed by atoms with Gasteiger partial charge in [0, 0.05) is 12.5 Å². The molecule has 0 atom stereocenters. The lowest BCUT2D eigenvalue weighted by atomic mass is 9.98. The maximum Gasteiger partial charge on any atom is 0.407 e. The molecule has 2 aromatic carbocycles. The van der Waals surface area contributed by atoms with Gasteiger partial charge in [0.25, 0.3) is 0 Å². The van der Waals surface area contributed by atoms with E-state index in [-0.39, 0.29) is 31.7 Å². The Kier molecular flexibility index (Phi) is 6.40. The molecule has 1 aliphatic carbocycles. The Morgan fingerprint density at radius 1 is 0.963 bits per heavy atom. The minimum absolute atomic E-state index is 0.0124. The van der Waals surface area contributed by atoms with Gasteiger partial charge >= 0.3 is 6.09 Å². The summed E-state index contributed by atoms with van der Waals surface area (Å²) in [5.41, 5.74) is 9.89. The summed E-state index contributed by atoms with van der Waals surface area (Å²) in [6.07, 6.45) is -0.630. The number of carbonyl (C=O) groups excluding carboxylic acids is 2. The maximum atomic E-state index is 11.9. The Morgan fingerprint density at radius 2 is 1.59 bits per heavy atom. The lowest BCUT2D eigenvalue weighted by Gasteiger charge is -2.14. The van der Waals surface area contributed by atoms with E-state index in [1.165, 1.54) is 11.1 Å². The van der Waals surface area contributed by atoms with Crippen LogP contribution in [0, 0.1) is 0 Å². The second-order valence-electron chi connectivity index (χ2n) is 6.12. The van der Waals surface area contributed by atoms with Crippen LogP contribution in [-0.2, 0) is 14.3 Å². The Bertz CT molecular complexity index is 764. The lowest BCUT2D eigenvalue weighted by Crippen LogP contribution is -2.38. The van der Waals surface area contributed by atoms with Crippen LogP contribution in [0.4, 0.5) is 4.79 Å². The quantitative estimate of drug-likeness (QED) is 0.484. The number of alkyl carbamates (subject to hydrolysis) is 1. The number of benzene rings is 2. The Morgan fingerprint density at radius 3 is 2.22 bits per heavy atom. The standard InChI is InChI=1S/C20H23N3O4/c21-9-10-26-13-23-19(24)11-22-20(25)27-12-18-16-7-3-1-5-14(16)15-6-2-4-8-17(15)18/h1-8,18H,9-13,21H2,(H,22,25)(H,23,24). The summed E-state index contributed by atoms with van der Waals surface area (Å²) in [6.45, 7) is 0.833.